The van der Waals surface area contributed by atoms with Crippen LogP contribution in [-0.4, -0.2) is 11.1 Å². The Bertz CT molecular complexity index is 561. The lowest BCUT2D eigenvalue weighted by Crippen LogP contribution is -2.14. The van der Waals surface area contributed by atoms with Gasteiger partial charge in [0.25, 0.3) is 0 Å². The summed E-state index contributed by atoms with van der Waals surface area (Å²) in [5, 5.41) is 6.79. The summed E-state index contributed by atoms with van der Waals surface area (Å²) < 4.78 is 5.28. The van der Waals surface area contributed by atoms with E-state index in [1.54, 1.807) is 0 Å². The maximum Gasteiger partial charge on any atom is 0.225 e. The molecular weight excluding hydrogens is 264 g/mol. The Morgan fingerprint density at radius 1 is 1.24 bits per heavy atom. The molecule has 0 radical (unpaired) electrons. The number of carbonyl (C=O) groups excluding carboxylic acids is 1. The number of aryl methyl sites for hydroxylation is 1. The number of hydrogen-bond donors (Lipinski definition) is 1. The summed E-state index contributed by atoms with van der Waals surface area (Å²) in [5.74, 6) is 0.790. The van der Waals surface area contributed by atoms with Gasteiger partial charge in [-0.2, -0.15) is 0 Å². The van der Waals surface area contributed by atoms with Crippen LogP contribution in [0, 0.1) is 13.8 Å². The minimum Gasteiger partial charge on any atom is -0.361 e. The molecule has 1 aromatic carbocycles. The first kappa shape index (κ1) is 17.0. The predicted octanol–water partition coefficient (Wildman–Crippen LogP) is 4.45. The van der Waals surface area contributed by atoms with Gasteiger partial charge < -0.3 is 9.84 Å². The summed E-state index contributed by atoms with van der Waals surface area (Å²) in [4.78, 5) is 11.9. The molecule has 0 fully saturated rings. The average molecular weight is 288 g/mol. The van der Waals surface area contributed by atoms with Crippen LogP contribution in [0.15, 0.2) is 34.9 Å². The Morgan fingerprint density at radius 2 is 1.86 bits per heavy atom. The molecule has 0 unspecified atom stereocenters. The summed E-state index contributed by atoms with van der Waals surface area (Å²) in [6.45, 7) is 9.84. The third-order valence-electron chi connectivity index (χ3n) is 3.19. The van der Waals surface area contributed by atoms with Crippen molar-refractivity contribution in [2.45, 2.75) is 47.0 Å². The molecule has 1 heterocycles. The Labute approximate surface area is 126 Å². The van der Waals surface area contributed by atoms with Crippen LogP contribution in [0.1, 0.15) is 50.1 Å². The first-order chi connectivity index (χ1) is 10.1. The summed E-state index contributed by atoms with van der Waals surface area (Å²) in [6, 6.07) is 9.43. The van der Waals surface area contributed by atoms with Gasteiger partial charge in [-0.15, -0.1) is 0 Å². The number of benzene rings is 1. The van der Waals surface area contributed by atoms with Crippen LogP contribution in [0.4, 0.5) is 5.69 Å². The predicted molar refractivity (Wildman–Crippen MR) is 85.4 cm³/mol. The highest BCUT2D eigenvalue weighted by Crippen LogP contribution is 2.24. The van der Waals surface area contributed by atoms with E-state index in [2.05, 4.69) is 10.5 Å². The maximum absolute atomic E-state index is 11.9. The standard InChI is InChI=1S/C15H18N2O2.C2H6/c1-10(15-11(2)12(3)17-19-15)9-14(18)16-13-7-5-4-6-8-13;1-2/h4-8,10H,9H2,1-3H3,(H,16,18);1-2H3/t10-;/m0./s1. The Kier molecular flexibility index (Phi) is 6.66. The number of anilines is 1. The fourth-order valence-corrected chi connectivity index (χ4v) is 2.00. The summed E-state index contributed by atoms with van der Waals surface area (Å²) in [6.07, 6.45) is 0.379. The molecule has 0 aliphatic heterocycles. The van der Waals surface area contributed by atoms with Crippen LogP contribution >= 0.6 is 0 Å². The number of carbonyl (C=O) groups is 1. The lowest BCUT2D eigenvalue weighted by Gasteiger charge is -2.09. The van der Waals surface area contributed by atoms with E-state index in [9.17, 15) is 4.79 Å². The molecular formula is C17H24N2O2. The third kappa shape index (κ3) is 4.74. The molecule has 1 aromatic heterocycles. The van der Waals surface area contributed by atoms with Crippen molar-refractivity contribution in [3.05, 3.63) is 47.3 Å². The molecule has 2 aromatic rings. The van der Waals surface area contributed by atoms with Crippen molar-refractivity contribution in [3.8, 4) is 0 Å². The molecule has 4 heteroatoms. The minimum absolute atomic E-state index is 0.0184. The second-order valence-corrected chi connectivity index (χ2v) is 4.78. The smallest absolute Gasteiger partial charge is 0.225 e. The second kappa shape index (κ2) is 8.25. The number of hydrogen-bond acceptors (Lipinski definition) is 3. The topological polar surface area (TPSA) is 55.1 Å². The van der Waals surface area contributed by atoms with Gasteiger partial charge in [-0.1, -0.05) is 44.1 Å². The first-order valence-electron chi connectivity index (χ1n) is 7.35. The lowest BCUT2D eigenvalue weighted by molar-refractivity contribution is -0.116. The Balaban J connectivity index is 0.00000106. The van der Waals surface area contributed by atoms with E-state index in [4.69, 9.17) is 4.52 Å². The monoisotopic (exact) mass is 288 g/mol. The fraction of sp³-hybridized carbons (Fsp3) is 0.412. The summed E-state index contributed by atoms with van der Waals surface area (Å²) in [5.41, 5.74) is 2.72. The SMILES string of the molecule is CC.Cc1noc([C@@H](C)CC(=O)Nc2ccccc2)c1C. The highest BCUT2D eigenvalue weighted by molar-refractivity contribution is 5.91. The number of nitrogens with one attached hydrogen (secondary N) is 1. The maximum atomic E-state index is 11.9. The van der Waals surface area contributed by atoms with Crippen LogP contribution in [0.3, 0.4) is 0 Å². The molecule has 1 atom stereocenters. The van der Waals surface area contributed by atoms with Crippen LogP contribution < -0.4 is 5.32 Å². The van der Waals surface area contributed by atoms with E-state index in [0.29, 0.717) is 6.42 Å². The number of rotatable bonds is 4. The zero-order valence-corrected chi connectivity index (χ0v) is 13.4. The lowest BCUT2D eigenvalue weighted by atomic mass is 10.0. The summed E-state index contributed by atoms with van der Waals surface area (Å²) in [7, 11) is 0. The van der Waals surface area contributed by atoms with Crippen LogP contribution in [0.25, 0.3) is 0 Å². The van der Waals surface area contributed by atoms with Crippen molar-refractivity contribution in [3.63, 3.8) is 0 Å². The Morgan fingerprint density at radius 3 is 2.38 bits per heavy atom. The van der Waals surface area contributed by atoms with Gasteiger partial charge in [0.05, 0.1) is 5.69 Å². The van der Waals surface area contributed by atoms with Crippen molar-refractivity contribution in [2.75, 3.05) is 5.32 Å². The molecule has 21 heavy (non-hydrogen) atoms. The number of para-hydroxylation sites is 1. The number of nitrogens with zero attached hydrogens (tertiary/aromatic N) is 1. The van der Waals surface area contributed by atoms with Crippen LogP contribution in [-0.2, 0) is 4.79 Å². The van der Waals surface area contributed by atoms with Crippen molar-refractivity contribution in [1.29, 1.82) is 0 Å². The van der Waals surface area contributed by atoms with Crippen molar-refractivity contribution in [1.82, 2.24) is 5.16 Å². The largest absolute Gasteiger partial charge is 0.361 e. The molecule has 0 spiro atoms. The fourth-order valence-electron chi connectivity index (χ4n) is 2.00. The average Bonchev–Trinajstić information content (AvgIpc) is 2.82. The van der Waals surface area contributed by atoms with E-state index in [1.807, 2.05) is 65.0 Å². The number of aromatic nitrogens is 1. The zero-order valence-electron chi connectivity index (χ0n) is 13.4. The van der Waals surface area contributed by atoms with Crippen LogP contribution in [0.2, 0.25) is 0 Å². The quantitative estimate of drug-likeness (QED) is 0.904. The van der Waals surface area contributed by atoms with Gasteiger partial charge >= 0.3 is 0 Å². The minimum atomic E-state index is -0.0212. The van der Waals surface area contributed by atoms with Crippen molar-refractivity contribution in [2.24, 2.45) is 0 Å². The highest BCUT2D eigenvalue weighted by Gasteiger charge is 2.19. The van der Waals surface area contributed by atoms with E-state index in [0.717, 1.165) is 22.7 Å². The van der Waals surface area contributed by atoms with Gasteiger partial charge in [-0.05, 0) is 26.0 Å². The van der Waals surface area contributed by atoms with E-state index < -0.39 is 0 Å². The normalized spacial score (nSPS) is 11.3. The van der Waals surface area contributed by atoms with Gasteiger partial charge in [0, 0.05) is 23.6 Å². The molecule has 4 nitrogen and oxygen atoms in total. The highest BCUT2D eigenvalue weighted by atomic mass is 16.5. The molecule has 114 valence electrons. The number of amides is 1. The van der Waals surface area contributed by atoms with Gasteiger partial charge in [-0.25, -0.2) is 0 Å². The second-order valence-electron chi connectivity index (χ2n) is 4.78. The molecule has 0 aliphatic carbocycles. The molecule has 1 amide bonds. The first-order valence-corrected chi connectivity index (χ1v) is 7.35. The van der Waals surface area contributed by atoms with Gasteiger partial charge in [0.15, 0.2) is 0 Å². The Hall–Kier alpha value is -2.10. The molecule has 0 saturated heterocycles. The molecule has 1 N–H and O–H groups in total. The van der Waals surface area contributed by atoms with E-state index in [1.165, 1.54) is 0 Å². The zero-order chi connectivity index (χ0) is 15.8. The molecule has 0 aliphatic rings. The van der Waals surface area contributed by atoms with Gasteiger partial charge in [-0.3, -0.25) is 4.79 Å². The van der Waals surface area contributed by atoms with Gasteiger partial charge in [0.1, 0.15) is 5.76 Å². The van der Waals surface area contributed by atoms with Crippen LogP contribution in [0.5, 0.6) is 0 Å². The van der Waals surface area contributed by atoms with Crippen molar-refractivity contribution >= 4 is 11.6 Å². The molecule has 0 bridgehead atoms. The summed E-state index contributed by atoms with van der Waals surface area (Å²) >= 11 is 0. The van der Waals surface area contributed by atoms with E-state index >= 15 is 0 Å². The van der Waals surface area contributed by atoms with Gasteiger partial charge in [0.2, 0.25) is 5.91 Å². The molecule has 2 rings (SSSR count). The molecule has 0 saturated carbocycles. The van der Waals surface area contributed by atoms with Crippen molar-refractivity contribution < 1.29 is 9.32 Å². The van der Waals surface area contributed by atoms with E-state index in [-0.39, 0.29) is 11.8 Å². The third-order valence-corrected chi connectivity index (χ3v) is 3.19.